The third kappa shape index (κ3) is 5.05. The molecule has 2 aromatic heterocycles. The second-order valence-electron chi connectivity index (χ2n) is 12.4. The summed E-state index contributed by atoms with van der Waals surface area (Å²) in [5.41, 5.74) is -0.644. The smallest absolute Gasteiger partial charge is 0.319 e. The van der Waals surface area contributed by atoms with Gasteiger partial charge in [0.2, 0.25) is 0 Å². The Morgan fingerprint density at radius 2 is 2.02 bits per heavy atom. The Morgan fingerprint density at radius 3 is 2.84 bits per heavy atom. The molecule has 8 nitrogen and oxygen atoms in total. The number of rotatable bonds is 6. The van der Waals surface area contributed by atoms with Crippen molar-refractivity contribution in [2.45, 2.75) is 50.2 Å². The lowest BCUT2D eigenvalue weighted by Crippen LogP contribution is -2.43. The van der Waals surface area contributed by atoms with Crippen LogP contribution in [-0.2, 0) is 0 Å². The zero-order valence-electron chi connectivity index (χ0n) is 24.6. The number of alkyl halides is 1. The summed E-state index contributed by atoms with van der Waals surface area (Å²) in [5.74, 6) is 1.28. The molecule has 11 heteroatoms. The fraction of sp³-hybridized carbons (Fsp3) is 0.412. The van der Waals surface area contributed by atoms with Gasteiger partial charge in [0.15, 0.2) is 5.82 Å². The third-order valence-corrected chi connectivity index (χ3v) is 9.52. The van der Waals surface area contributed by atoms with Gasteiger partial charge in [-0.25, -0.2) is 13.2 Å². The van der Waals surface area contributed by atoms with E-state index in [1.54, 1.807) is 0 Å². The summed E-state index contributed by atoms with van der Waals surface area (Å²) in [6.07, 6.45) is 10.4. The quantitative estimate of drug-likeness (QED) is 0.269. The average Bonchev–Trinajstić information content (AvgIpc) is 3.56. The van der Waals surface area contributed by atoms with Gasteiger partial charge in [0, 0.05) is 49.6 Å². The lowest BCUT2D eigenvalue weighted by Gasteiger charge is -2.34. The molecule has 3 fully saturated rings. The molecule has 1 N–H and O–H groups in total. The van der Waals surface area contributed by atoms with Crippen LogP contribution in [0.4, 0.5) is 19.0 Å². The number of benzene rings is 2. The van der Waals surface area contributed by atoms with Crippen molar-refractivity contribution >= 4 is 27.5 Å². The first kappa shape index (κ1) is 29.1. The van der Waals surface area contributed by atoms with E-state index in [9.17, 15) is 19.1 Å². The van der Waals surface area contributed by atoms with Gasteiger partial charge in [0.05, 0.1) is 22.6 Å². The Labute approximate surface area is 258 Å². The lowest BCUT2D eigenvalue weighted by molar-refractivity contribution is 0.107. The first-order valence-electron chi connectivity index (χ1n) is 15.2. The third-order valence-electron chi connectivity index (χ3n) is 9.52. The summed E-state index contributed by atoms with van der Waals surface area (Å²) >= 11 is 0. The van der Waals surface area contributed by atoms with Gasteiger partial charge in [-0.15, -0.1) is 6.42 Å². The molecule has 0 spiro atoms. The highest BCUT2D eigenvalue weighted by Crippen LogP contribution is 2.42. The van der Waals surface area contributed by atoms with Crippen LogP contribution in [0.3, 0.4) is 0 Å². The fourth-order valence-electron chi connectivity index (χ4n) is 7.47. The fourth-order valence-corrected chi connectivity index (χ4v) is 7.47. The Balaban J connectivity index is 1.37. The minimum Gasteiger partial charge on any atom is -0.508 e. The second-order valence-corrected chi connectivity index (χ2v) is 12.4. The number of halogens is 3. The van der Waals surface area contributed by atoms with E-state index in [4.69, 9.17) is 16.1 Å². The molecule has 3 saturated heterocycles. The van der Waals surface area contributed by atoms with Crippen LogP contribution in [0.15, 0.2) is 30.5 Å². The van der Waals surface area contributed by atoms with Gasteiger partial charge in [0.25, 0.3) is 0 Å². The number of nitriles is 1. The first-order valence-corrected chi connectivity index (χ1v) is 15.2. The van der Waals surface area contributed by atoms with Crippen molar-refractivity contribution < 1.29 is 23.0 Å². The highest BCUT2D eigenvalue weighted by molar-refractivity contribution is 6.03. The number of hydrogen-bond acceptors (Lipinski definition) is 8. The Kier molecular flexibility index (Phi) is 7.37. The van der Waals surface area contributed by atoms with E-state index in [1.807, 2.05) is 4.90 Å². The van der Waals surface area contributed by atoms with Gasteiger partial charge < -0.3 is 14.7 Å². The highest BCUT2D eigenvalue weighted by Gasteiger charge is 2.49. The molecule has 3 aliphatic heterocycles. The summed E-state index contributed by atoms with van der Waals surface area (Å²) in [5, 5.41) is 20.8. The summed E-state index contributed by atoms with van der Waals surface area (Å²) in [6, 6.07) is 7.60. The molecular formula is C34H31F3N6O2. The summed E-state index contributed by atoms with van der Waals surface area (Å²) in [6.45, 7) is 2.51. The number of ether oxygens (including phenoxy) is 1. The molecule has 45 heavy (non-hydrogen) atoms. The lowest BCUT2D eigenvalue weighted by atomic mass is 9.95. The molecule has 0 saturated carbocycles. The summed E-state index contributed by atoms with van der Waals surface area (Å²) < 4.78 is 52.1. The van der Waals surface area contributed by atoms with E-state index in [0.717, 1.165) is 32.2 Å². The van der Waals surface area contributed by atoms with E-state index in [1.165, 1.54) is 30.5 Å². The number of phenols is 1. The molecule has 3 aliphatic rings. The van der Waals surface area contributed by atoms with E-state index in [-0.39, 0.29) is 52.0 Å². The molecule has 2 aromatic carbocycles. The maximum absolute atomic E-state index is 16.7. The number of fused-ring (bicyclic) bond motifs is 3. The molecule has 5 heterocycles. The molecular weight excluding hydrogens is 581 g/mol. The minimum absolute atomic E-state index is 0.0457. The van der Waals surface area contributed by atoms with E-state index < -0.39 is 23.3 Å². The Bertz CT molecular complexity index is 1910. The summed E-state index contributed by atoms with van der Waals surface area (Å²) in [4.78, 5) is 17.8. The van der Waals surface area contributed by atoms with Gasteiger partial charge in [-0.1, -0.05) is 12.0 Å². The Morgan fingerprint density at radius 1 is 1.16 bits per heavy atom. The number of anilines is 1. The van der Waals surface area contributed by atoms with Crippen LogP contribution in [0, 0.1) is 41.2 Å². The average molecular weight is 613 g/mol. The molecule has 0 aliphatic carbocycles. The van der Waals surface area contributed by atoms with Crippen molar-refractivity contribution in [1.82, 2.24) is 19.9 Å². The highest BCUT2D eigenvalue weighted by atomic mass is 19.1. The van der Waals surface area contributed by atoms with Crippen molar-refractivity contribution in [3.63, 3.8) is 0 Å². The Hall–Kier alpha value is -4.61. The van der Waals surface area contributed by atoms with Crippen molar-refractivity contribution in [2.75, 3.05) is 37.7 Å². The van der Waals surface area contributed by atoms with Crippen molar-refractivity contribution in [2.24, 2.45) is 5.92 Å². The van der Waals surface area contributed by atoms with Gasteiger partial charge >= 0.3 is 6.01 Å². The van der Waals surface area contributed by atoms with Gasteiger partial charge in [-0.05, 0) is 61.7 Å². The van der Waals surface area contributed by atoms with Crippen LogP contribution in [0.2, 0.25) is 0 Å². The molecule has 230 valence electrons. The SMILES string of the molecule is C#Cc1c(F)ccc2cc(O)cc(-c3ncc4c(N5CCCC(CC#N)C5)nc(OC[C@@]56CCCN5C[C@H](F)C6)nc4c3F)c12. The number of pyridine rings is 1. The standard InChI is InChI=1S/C34H31F3N6O2/c1-2-24-27(36)7-6-21-13-23(44)14-25(28(21)24)30-29(37)31-26(16-39-30)32(42-11-3-5-20(17-42)8-10-38)41-33(40-31)45-19-34-9-4-12-43(34)18-22(35)15-34/h1,6-7,13-14,16,20,22,44H,3-5,8-9,11-12,15,17-19H2/t20?,22-,34+/m1/s1. The van der Waals surface area contributed by atoms with Crippen LogP contribution in [0.1, 0.15) is 44.1 Å². The summed E-state index contributed by atoms with van der Waals surface area (Å²) in [7, 11) is 0. The number of aromatic hydroxyl groups is 1. The van der Waals surface area contributed by atoms with Gasteiger partial charge in [-0.2, -0.15) is 15.2 Å². The topological polar surface area (TPSA) is 98.4 Å². The number of aromatic nitrogens is 3. The molecule has 0 bridgehead atoms. The normalized spacial score (nSPS) is 23.3. The van der Waals surface area contributed by atoms with Crippen molar-refractivity contribution in [1.29, 1.82) is 5.26 Å². The molecule has 7 rings (SSSR count). The zero-order chi connectivity index (χ0) is 31.3. The van der Waals surface area contributed by atoms with Crippen molar-refractivity contribution in [3.8, 4) is 41.4 Å². The maximum Gasteiger partial charge on any atom is 0.319 e. The van der Waals surface area contributed by atoms with Gasteiger partial charge in [0.1, 0.15) is 41.4 Å². The minimum atomic E-state index is -0.937. The predicted molar refractivity (Wildman–Crippen MR) is 164 cm³/mol. The number of terminal acetylenes is 1. The number of nitrogens with zero attached hydrogens (tertiary/aromatic N) is 6. The monoisotopic (exact) mass is 612 g/mol. The van der Waals surface area contributed by atoms with Gasteiger partial charge in [-0.3, -0.25) is 9.88 Å². The first-order chi connectivity index (χ1) is 21.8. The van der Waals surface area contributed by atoms with Crippen LogP contribution in [-0.4, -0.2) is 69.5 Å². The second kappa shape index (κ2) is 11.4. The molecule has 4 aromatic rings. The molecule has 1 unspecified atom stereocenters. The van der Waals surface area contributed by atoms with E-state index in [0.29, 0.717) is 49.1 Å². The van der Waals surface area contributed by atoms with Crippen LogP contribution in [0.25, 0.3) is 32.9 Å². The van der Waals surface area contributed by atoms with E-state index in [2.05, 4.69) is 26.9 Å². The number of piperidine rings is 1. The molecule has 0 amide bonds. The predicted octanol–water partition coefficient (Wildman–Crippen LogP) is 5.90. The largest absolute Gasteiger partial charge is 0.508 e. The van der Waals surface area contributed by atoms with Crippen LogP contribution >= 0.6 is 0 Å². The number of hydrogen-bond donors (Lipinski definition) is 1. The maximum atomic E-state index is 16.7. The molecule has 0 radical (unpaired) electrons. The van der Waals surface area contributed by atoms with E-state index >= 15 is 4.39 Å². The van der Waals surface area contributed by atoms with Crippen LogP contribution < -0.4 is 9.64 Å². The van der Waals surface area contributed by atoms with Crippen molar-refractivity contribution in [3.05, 3.63) is 47.7 Å². The number of phenolic OH excluding ortho intramolecular Hbond substituents is 1. The van der Waals surface area contributed by atoms with Crippen LogP contribution in [0.5, 0.6) is 11.8 Å². The zero-order valence-corrected chi connectivity index (χ0v) is 24.6. The molecule has 3 atom stereocenters.